The zero-order chi connectivity index (χ0) is 17.7. The van der Waals surface area contributed by atoms with Crippen molar-refractivity contribution in [3.05, 3.63) is 58.9 Å². The molecule has 3 N–H and O–H groups in total. The molecule has 24 heavy (non-hydrogen) atoms. The summed E-state index contributed by atoms with van der Waals surface area (Å²) in [6.07, 6.45) is 6.27. The number of nitrogens with two attached hydrogens (primary N) is 1. The predicted molar refractivity (Wildman–Crippen MR) is 91.2 cm³/mol. The van der Waals surface area contributed by atoms with E-state index in [1.807, 2.05) is 0 Å². The van der Waals surface area contributed by atoms with Crippen molar-refractivity contribution in [3.63, 3.8) is 0 Å². The number of ether oxygens (including phenoxy) is 1. The van der Waals surface area contributed by atoms with Crippen LogP contribution in [-0.4, -0.2) is 19.0 Å². The molecule has 0 heterocycles. The molecule has 1 aliphatic carbocycles. The number of nitrogens with one attached hydrogen (secondary N) is 1. The van der Waals surface area contributed by atoms with E-state index in [1.165, 1.54) is 43.5 Å². The second-order valence-corrected chi connectivity index (χ2v) is 5.49. The maximum atomic E-state index is 13.8. The summed E-state index contributed by atoms with van der Waals surface area (Å²) in [4.78, 5) is 23.5. The standard InChI is InChI=1S/C17H16ClFN2O3/c1-24-17(23)11-5-7-13(20)14(9-11)21-15(22)8-6-10-3-2-4-12(18)16(10)19/h2,4-10H,3,20H2,1H3,(H,21,22)/b8-6+. The van der Waals surface area contributed by atoms with E-state index in [1.54, 1.807) is 6.08 Å². The van der Waals surface area contributed by atoms with E-state index in [0.717, 1.165) is 0 Å². The SMILES string of the molecule is COC(=O)c1ccc(N)c(NC(=O)/C=C/C2CC=CC(Cl)=C2F)c1. The average Bonchev–Trinajstić information content (AvgIpc) is 2.57. The Hall–Kier alpha value is -2.60. The van der Waals surface area contributed by atoms with Crippen LogP contribution in [0.5, 0.6) is 0 Å². The lowest BCUT2D eigenvalue weighted by Crippen LogP contribution is -2.12. The zero-order valence-corrected chi connectivity index (χ0v) is 13.6. The average molecular weight is 351 g/mol. The number of esters is 1. The molecule has 1 aromatic carbocycles. The van der Waals surface area contributed by atoms with Gasteiger partial charge in [0, 0.05) is 5.92 Å². The number of methoxy groups -OCH3 is 1. The Morgan fingerprint density at radius 3 is 2.92 bits per heavy atom. The highest BCUT2D eigenvalue weighted by Gasteiger charge is 2.17. The Morgan fingerprint density at radius 1 is 1.46 bits per heavy atom. The van der Waals surface area contributed by atoms with Crippen LogP contribution in [0.1, 0.15) is 16.8 Å². The third-order valence-corrected chi connectivity index (χ3v) is 3.73. The minimum absolute atomic E-state index is 0.0336. The van der Waals surface area contributed by atoms with Gasteiger partial charge >= 0.3 is 5.97 Å². The van der Waals surface area contributed by atoms with E-state index in [4.69, 9.17) is 17.3 Å². The van der Waals surface area contributed by atoms with Gasteiger partial charge in [-0.1, -0.05) is 23.8 Å². The number of hydrogen-bond acceptors (Lipinski definition) is 4. The molecule has 0 saturated carbocycles. The van der Waals surface area contributed by atoms with Crippen molar-refractivity contribution >= 4 is 34.9 Å². The predicted octanol–water partition coefficient (Wildman–Crippen LogP) is 3.55. The molecule has 1 aromatic rings. The van der Waals surface area contributed by atoms with Crippen LogP contribution >= 0.6 is 11.6 Å². The first-order valence-corrected chi connectivity index (χ1v) is 7.49. The lowest BCUT2D eigenvalue weighted by molar-refractivity contribution is -0.111. The largest absolute Gasteiger partial charge is 0.465 e. The van der Waals surface area contributed by atoms with Crippen molar-refractivity contribution in [2.75, 3.05) is 18.2 Å². The molecule has 126 valence electrons. The third-order valence-electron chi connectivity index (χ3n) is 3.42. The van der Waals surface area contributed by atoms with Gasteiger partial charge in [-0.05, 0) is 36.8 Å². The summed E-state index contributed by atoms with van der Waals surface area (Å²) in [5.74, 6) is -2.10. The van der Waals surface area contributed by atoms with Crippen molar-refractivity contribution in [1.82, 2.24) is 0 Å². The minimum Gasteiger partial charge on any atom is -0.465 e. The smallest absolute Gasteiger partial charge is 0.337 e. The molecular formula is C17H16ClFN2O3. The van der Waals surface area contributed by atoms with Gasteiger partial charge in [-0.15, -0.1) is 0 Å². The van der Waals surface area contributed by atoms with Crippen molar-refractivity contribution in [2.24, 2.45) is 5.92 Å². The van der Waals surface area contributed by atoms with Crippen LogP contribution in [-0.2, 0) is 9.53 Å². The molecule has 0 spiro atoms. The van der Waals surface area contributed by atoms with E-state index < -0.39 is 23.6 Å². The zero-order valence-electron chi connectivity index (χ0n) is 12.9. The first-order chi connectivity index (χ1) is 11.4. The van der Waals surface area contributed by atoms with Crippen LogP contribution in [0.25, 0.3) is 0 Å². The van der Waals surface area contributed by atoms with Crippen LogP contribution in [0.3, 0.4) is 0 Å². The Bertz CT molecular complexity index is 756. The van der Waals surface area contributed by atoms with Crippen LogP contribution in [0, 0.1) is 5.92 Å². The second-order valence-electron chi connectivity index (χ2n) is 5.08. The molecule has 7 heteroatoms. The van der Waals surface area contributed by atoms with Crippen LogP contribution in [0.15, 0.2) is 53.4 Å². The molecule has 2 rings (SSSR count). The summed E-state index contributed by atoms with van der Waals surface area (Å²) in [6, 6.07) is 4.39. The summed E-state index contributed by atoms with van der Waals surface area (Å²) >= 11 is 5.71. The number of nitrogen functional groups attached to an aromatic ring is 1. The van der Waals surface area contributed by atoms with Gasteiger partial charge in [-0.25, -0.2) is 9.18 Å². The Kier molecular flexibility index (Phi) is 5.76. The van der Waals surface area contributed by atoms with Crippen molar-refractivity contribution in [1.29, 1.82) is 0 Å². The molecule has 0 fully saturated rings. The summed E-state index contributed by atoms with van der Waals surface area (Å²) in [7, 11) is 1.26. The highest BCUT2D eigenvalue weighted by Crippen LogP contribution is 2.29. The Morgan fingerprint density at radius 2 is 2.21 bits per heavy atom. The first kappa shape index (κ1) is 17.7. The van der Waals surface area contributed by atoms with E-state index >= 15 is 0 Å². The highest BCUT2D eigenvalue weighted by molar-refractivity contribution is 6.31. The number of halogens is 2. The minimum atomic E-state index is -0.577. The summed E-state index contributed by atoms with van der Waals surface area (Å²) < 4.78 is 18.4. The molecule has 1 atom stereocenters. The Labute approximate surface area is 143 Å². The van der Waals surface area contributed by atoms with Crippen LogP contribution < -0.4 is 11.1 Å². The normalized spacial score (nSPS) is 17.2. The lowest BCUT2D eigenvalue weighted by Gasteiger charge is -2.13. The first-order valence-electron chi connectivity index (χ1n) is 7.11. The van der Waals surface area contributed by atoms with Gasteiger partial charge in [0.15, 0.2) is 0 Å². The molecule has 0 radical (unpaired) electrons. The topological polar surface area (TPSA) is 81.4 Å². The molecule has 0 saturated heterocycles. The summed E-state index contributed by atoms with van der Waals surface area (Å²) in [5, 5.41) is 2.58. The number of carbonyl (C=O) groups is 2. The molecule has 1 aliphatic rings. The summed E-state index contributed by atoms with van der Waals surface area (Å²) in [5.41, 5.74) is 6.59. The maximum absolute atomic E-state index is 13.8. The number of anilines is 2. The third kappa shape index (κ3) is 4.23. The number of allylic oxidation sites excluding steroid dienone is 5. The molecule has 0 aromatic heterocycles. The fourth-order valence-electron chi connectivity index (χ4n) is 2.13. The lowest BCUT2D eigenvalue weighted by atomic mass is 9.99. The Balaban J connectivity index is 2.09. The number of amides is 1. The molecule has 1 amide bonds. The molecular weight excluding hydrogens is 335 g/mol. The van der Waals surface area contributed by atoms with E-state index in [9.17, 15) is 14.0 Å². The van der Waals surface area contributed by atoms with Gasteiger partial charge in [0.25, 0.3) is 0 Å². The molecule has 0 bridgehead atoms. The van der Waals surface area contributed by atoms with Crippen LogP contribution in [0.2, 0.25) is 0 Å². The number of benzene rings is 1. The molecule has 0 aliphatic heterocycles. The maximum Gasteiger partial charge on any atom is 0.337 e. The quantitative estimate of drug-likeness (QED) is 0.494. The van der Waals surface area contributed by atoms with Crippen molar-refractivity contribution in [2.45, 2.75) is 6.42 Å². The molecule has 1 unspecified atom stereocenters. The number of carbonyl (C=O) groups excluding carboxylic acids is 2. The van der Waals surface area contributed by atoms with E-state index in [-0.39, 0.29) is 16.3 Å². The monoisotopic (exact) mass is 350 g/mol. The van der Waals surface area contributed by atoms with Gasteiger partial charge in [-0.3, -0.25) is 4.79 Å². The highest BCUT2D eigenvalue weighted by atomic mass is 35.5. The van der Waals surface area contributed by atoms with E-state index in [0.29, 0.717) is 12.1 Å². The van der Waals surface area contributed by atoms with Crippen LogP contribution in [0.4, 0.5) is 15.8 Å². The fraction of sp³-hybridized carbons (Fsp3) is 0.176. The second kappa shape index (κ2) is 7.79. The van der Waals surface area contributed by atoms with Gasteiger partial charge in [-0.2, -0.15) is 0 Å². The van der Waals surface area contributed by atoms with Gasteiger partial charge in [0.05, 0.1) is 29.1 Å². The van der Waals surface area contributed by atoms with Gasteiger partial charge in [0.1, 0.15) is 5.83 Å². The number of hydrogen-bond donors (Lipinski definition) is 2. The van der Waals surface area contributed by atoms with Gasteiger partial charge < -0.3 is 15.8 Å². The van der Waals surface area contributed by atoms with E-state index in [2.05, 4.69) is 10.1 Å². The molecule has 5 nitrogen and oxygen atoms in total. The fourth-order valence-corrected chi connectivity index (χ4v) is 2.36. The van der Waals surface area contributed by atoms with Gasteiger partial charge in [0.2, 0.25) is 5.91 Å². The number of rotatable bonds is 4. The van der Waals surface area contributed by atoms with Crippen molar-refractivity contribution in [3.8, 4) is 0 Å². The van der Waals surface area contributed by atoms with Crippen molar-refractivity contribution < 1.29 is 18.7 Å². The summed E-state index contributed by atoms with van der Waals surface area (Å²) in [6.45, 7) is 0.